The number of nitrogens with zero attached hydrogens (tertiary/aromatic N) is 3. The first-order chi connectivity index (χ1) is 17.9. The molecule has 0 fully saturated rings. The lowest BCUT2D eigenvalue weighted by molar-refractivity contribution is -0.142. The van der Waals surface area contributed by atoms with Crippen molar-refractivity contribution in [2.24, 2.45) is 4.99 Å². The average molecular weight is 538 g/mol. The van der Waals surface area contributed by atoms with Gasteiger partial charge in [0.25, 0.3) is 11.5 Å². The maximum absolute atomic E-state index is 14.0. The van der Waals surface area contributed by atoms with Gasteiger partial charge in [-0.05, 0) is 38.3 Å². The quantitative estimate of drug-likeness (QED) is 0.446. The molecule has 0 spiro atoms. The predicted molar refractivity (Wildman–Crippen MR) is 139 cm³/mol. The van der Waals surface area contributed by atoms with Gasteiger partial charge >= 0.3 is 11.9 Å². The Morgan fingerprint density at radius 1 is 1.05 bits per heavy atom. The number of benzene rings is 1. The number of aromatic nitrogens is 1. The predicted octanol–water partition coefficient (Wildman–Crippen LogP) is 2.14. The molecule has 2 aliphatic rings. The first kappa shape index (κ1) is 24.8. The van der Waals surface area contributed by atoms with Crippen LogP contribution >= 0.6 is 22.7 Å². The number of carbonyl (C=O) groups is 3. The number of hydrogen-bond acceptors (Lipinski definition) is 9. The van der Waals surface area contributed by atoms with Crippen molar-refractivity contribution in [2.45, 2.75) is 26.8 Å². The lowest BCUT2D eigenvalue weighted by Crippen LogP contribution is -2.41. The molecule has 0 N–H and O–H groups in total. The van der Waals surface area contributed by atoms with Crippen LogP contribution < -0.4 is 19.8 Å². The lowest BCUT2D eigenvalue weighted by atomic mass is 10.0. The van der Waals surface area contributed by atoms with Gasteiger partial charge in [0.1, 0.15) is 17.1 Å². The first-order valence-corrected chi connectivity index (χ1v) is 13.4. The van der Waals surface area contributed by atoms with E-state index in [2.05, 4.69) is 4.99 Å². The van der Waals surface area contributed by atoms with E-state index in [1.807, 2.05) is 17.5 Å². The molecule has 5 rings (SSSR count). The molecule has 9 nitrogen and oxygen atoms in total. The lowest BCUT2D eigenvalue weighted by Gasteiger charge is -2.23. The van der Waals surface area contributed by atoms with E-state index in [4.69, 9.17) is 9.47 Å². The number of thiazole rings is 1. The Morgan fingerprint density at radius 2 is 1.81 bits per heavy atom. The van der Waals surface area contributed by atoms with Gasteiger partial charge in [-0.3, -0.25) is 23.9 Å². The van der Waals surface area contributed by atoms with E-state index in [1.54, 1.807) is 45.0 Å². The number of hydrogen-bond donors (Lipinski definition) is 0. The van der Waals surface area contributed by atoms with Crippen molar-refractivity contribution in [1.29, 1.82) is 0 Å². The highest BCUT2D eigenvalue weighted by Crippen LogP contribution is 2.36. The Balaban J connectivity index is 1.74. The number of ether oxygens (including phenoxy) is 2. The second-order valence-electron chi connectivity index (χ2n) is 8.23. The van der Waals surface area contributed by atoms with Crippen LogP contribution in [0.4, 0.5) is 5.69 Å². The number of esters is 2. The Bertz CT molecular complexity index is 1630. The third kappa shape index (κ3) is 4.13. The van der Waals surface area contributed by atoms with E-state index in [1.165, 1.54) is 20.8 Å². The number of fused-ring (bicyclic) bond motifs is 2. The molecule has 11 heteroatoms. The summed E-state index contributed by atoms with van der Waals surface area (Å²) in [6.45, 7) is 5.23. The summed E-state index contributed by atoms with van der Waals surface area (Å²) in [6, 6.07) is 9.99. The summed E-state index contributed by atoms with van der Waals surface area (Å²) in [6.07, 6.45) is 0. The molecule has 0 saturated carbocycles. The minimum absolute atomic E-state index is 0.183. The highest BCUT2D eigenvalue weighted by atomic mass is 32.1. The highest BCUT2D eigenvalue weighted by Gasteiger charge is 2.38. The van der Waals surface area contributed by atoms with Gasteiger partial charge in [-0.15, -0.1) is 11.3 Å². The number of rotatable bonds is 6. The number of anilines is 1. The van der Waals surface area contributed by atoms with E-state index >= 15 is 0 Å². The van der Waals surface area contributed by atoms with Gasteiger partial charge in [0.05, 0.1) is 35.7 Å². The molecular formula is C26H23N3O6S2. The van der Waals surface area contributed by atoms with E-state index < -0.39 is 29.4 Å². The van der Waals surface area contributed by atoms with Crippen LogP contribution in [0.15, 0.2) is 62.8 Å². The summed E-state index contributed by atoms with van der Waals surface area (Å²) in [5.74, 6) is -1.54. The summed E-state index contributed by atoms with van der Waals surface area (Å²) >= 11 is 2.50. The van der Waals surface area contributed by atoms with Crippen LogP contribution in [-0.4, -0.2) is 42.2 Å². The summed E-state index contributed by atoms with van der Waals surface area (Å²) < 4.78 is 12.0. The van der Waals surface area contributed by atoms with Crippen LogP contribution in [-0.2, 0) is 23.9 Å². The number of amides is 1. The Morgan fingerprint density at radius 3 is 2.51 bits per heavy atom. The average Bonchev–Trinajstić information content (AvgIpc) is 3.57. The number of allylic oxidation sites excluding steroid dienone is 1. The van der Waals surface area contributed by atoms with Crippen molar-refractivity contribution in [3.8, 4) is 0 Å². The first-order valence-electron chi connectivity index (χ1n) is 11.7. The molecule has 0 bridgehead atoms. The van der Waals surface area contributed by atoms with Crippen molar-refractivity contribution >= 4 is 51.8 Å². The van der Waals surface area contributed by atoms with Crippen LogP contribution in [0.5, 0.6) is 0 Å². The van der Waals surface area contributed by atoms with Gasteiger partial charge in [0.15, 0.2) is 4.80 Å². The molecule has 0 saturated heterocycles. The molecule has 2 aliphatic heterocycles. The van der Waals surface area contributed by atoms with Crippen molar-refractivity contribution in [3.63, 3.8) is 0 Å². The Kier molecular flexibility index (Phi) is 6.65. The summed E-state index contributed by atoms with van der Waals surface area (Å²) in [7, 11) is 0. The molecule has 37 heavy (non-hydrogen) atoms. The van der Waals surface area contributed by atoms with Gasteiger partial charge in [-0.2, -0.15) is 0 Å². The number of thiophene rings is 1. The van der Waals surface area contributed by atoms with E-state index in [-0.39, 0.29) is 35.4 Å². The van der Waals surface area contributed by atoms with Crippen molar-refractivity contribution < 1.29 is 23.9 Å². The van der Waals surface area contributed by atoms with E-state index in [0.29, 0.717) is 21.7 Å². The zero-order valence-electron chi connectivity index (χ0n) is 20.3. The molecule has 2 aromatic heterocycles. The van der Waals surface area contributed by atoms with Crippen LogP contribution in [0.1, 0.15) is 37.3 Å². The molecule has 1 aromatic carbocycles. The van der Waals surface area contributed by atoms with Crippen LogP contribution in [0.25, 0.3) is 5.57 Å². The Labute approximate surface area is 219 Å². The molecule has 1 amide bonds. The smallest absolute Gasteiger partial charge is 0.338 e. The third-order valence-electron chi connectivity index (χ3n) is 6.05. The third-order valence-corrected chi connectivity index (χ3v) is 8.03. The van der Waals surface area contributed by atoms with Gasteiger partial charge < -0.3 is 9.47 Å². The van der Waals surface area contributed by atoms with E-state index in [9.17, 15) is 19.2 Å². The van der Waals surface area contributed by atoms with Crippen LogP contribution in [0.2, 0.25) is 0 Å². The maximum atomic E-state index is 14.0. The molecule has 3 aromatic rings. The van der Waals surface area contributed by atoms with Crippen LogP contribution in [0, 0.1) is 0 Å². The second-order valence-corrected chi connectivity index (χ2v) is 10.2. The number of carbonyl (C=O) groups excluding carboxylic acids is 3. The maximum Gasteiger partial charge on any atom is 0.338 e. The van der Waals surface area contributed by atoms with Gasteiger partial charge in [0, 0.05) is 10.4 Å². The highest BCUT2D eigenvalue weighted by molar-refractivity contribution is 7.10. The van der Waals surface area contributed by atoms with Crippen molar-refractivity contribution in [2.75, 3.05) is 24.7 Å². The summed E-state index contributed by atoms with van der Waals surface area (Å²) in [4.78, 5) is 59.9. The summed E-state index contributed by atoms with van der Waals surface area (Å²) in [5, 5.41) is 1.87. The minimum Gasteiger partial charge on any atom is -0.465 e. The number of para-hydroxylation sites is 1. The molecule has 4 heterocycles. The molecule has 0 radical (unpaired) electrons. The van der Waals surface area contributed by atoms with Crippen molar-refractivity contribution in [1.82, 2.24) is 4.57 Å². The topological polar surface area (TPSA) is 107 Å². The monoisotopic (exact) mass is 537 g/mol. The Hall–Kier alpha value is -3.83. The standard InChI is InChI=1S/C26H23N3O6S2/c1-4-34-18(30)13-28-16-10-7-6-9-15(16)20(23(28)31)22-24(32)29-21(17-11-8-12-36-17)19(25(33)35-5-2)14(3)27-26(29)37-22/h6-12,21H,4-5,13H2,1-3H3/b22-20+/t21-/m1/s1. The largest absolute Gasteiger partial charge is 0.465 e. The fourth-order valence-electron chi connectivity index (χ4n) is 4.55. The minimum atomic E-state index is -0.730. The molecule has 0 aliphatic carbocycles. The van der Waals surface area contributed by atoms with Crippen molar-refractivity contribution in [3.05, 3.63) is 83.2 Å². The SMILES string of the molecule is CCOC(=O)CN1C(=O)/C(=c2/sc3n(c2=O)[C@H](c2cccs2)C(C(=O)OCC)=C(C)N=3)c2ccccc21. The zero-order chi connectivity index (χ0) is 26.3. The summed E-state index contributed by atoms with van der Waals surface area (Å²) in [5.41, 5.74) is 1.59. The van der Waals surface area contributed by atoms with E-state index in [0.717, 1.165) is 16.2 Å². The fraction of sp³-hybridized carbons (Fsp3) is 0.269. The van der Waals surface area contributed by atoms with Gasteiger partial charge in [-0.25, -0.2) is 9.79 Å². The van der Waals surface area contributed by atoms with Crippen LogP contribution in [0.3, 0.4) is 0 Å². The fourth-order valence-corrected chi connectivity index (χ4v) is 6.51. The molecule has 190 valence electrons. The van der Waals surface area contributed by atoms with Gasteiger partial charge in [0.2, 0.25) is 0 Å². The van der Waals surface area contributed by atoms with Gasteiger partial charge in [-0.1, -0.05) is 35.6 Å². The molecule has 0 unspecified atom stereocenters. The second kappa shape index (κ2) is 9.91. The normalized spacial score (nSPS) is 17.9. The molecule has 1 atom stereocenters. The molecular weight excluding hydrogens is 514 g/mol. The zero-order valence-corrected chi connectivity index (χ0v) is 22.0.